The van der Waals surface area contributed by atoms with Crippen molar-refractivity contribution in [3.8, 4) is 0 Å². The normalized spacial score (nSPS) is 33.8. The van der Waals surface area contributed by atoms with Gasteiger partial charge in [0.1, 0.15) is 0 Å². The Balaban J connectivity index is 1.59. The van der Waals surface area contributed by atoms with Crippen LogP contribution in [0.4, 0.5) is 0 Å². The number of carboxylic acid groups (broad SMARTS) is 1. The minimum atomic E-state index is -1.42. The molecule has 0 spiro atoms. The van der Waals surface area contributed by atoms with E-state index in [1.807, 2.05) is 6.08 Å². The van der Waals surface area contributed by atoms with Crippen LogP contribution in [-0.2, 0) is 19.1 Å². The molecule has 0 amide bonds. The van der Waals surface area contributed by atoms with E-state index in [4.69, 9.17) is 9.84 Å². The molecular weight excluding hydrogens is 380 g/mol. The average Bonchev–Trinajstić information content (AvgIpc) is 3.03. The topological polar surface area (TPSA) is 80.7 Å². The van der Waals surface area contributed by atoms with Gasteiger partial charge in [-0.3, -0.25) is 9.59 Å². The van der Waals surface area contributed by atoms with Gasteiger partial charge in [0.15, 0.2) is 0 Å². The van der Waals surface area contributed by atoms with Gasteiger partial charge in [0.25, 0.3) is 5.78 Å². The van der Waals surface area contributed by atoms with Gasteiger partial charge >= 0.3 is 11.9 Å². The van der Waals surface area contributed by atoms with Crippen molar-refractivity contribution < 1.29 is 24.2 Å². The second kappa shape index (κ2) is 7.22. The summed E-state index contributed by atoms with van der Waals surface area (Å²) in [6, 6.07) is 0. The van der Waals surface area contributed by atoms with Crippen molar-refractivity contribution in [1.29, 1.82) is 0 Å². The van der Waals surface area contributed by atoms with Crippen LogP contribution >= 0.6 is 0 Å². The molecule has 0 aromatic heterocycles. The minimum Gasteiger partial charge on any atom is -0.475 e. The number of carboxylic acids is 1. The van der Waals surface area contributed by atoms with Crippen LogP contribution in [0.5, 0.6) is 0 Å². The van der Waals surface area contributed by atoms with Gasteiger partial charge in [0, 0.05) is 24.3 Å². The van der Waals surface area contributed by atoms with Crippen molar-refractivity contribution in [2.24, 2.45) is 22.7 Å². The van der Waals surface area contributed by atoms with Gasteiger partial charge in [-0.1, -0.05) is 48.5 Å². The second-order valence-electron chi connectivity index (χ2n) is 9.21. The number of Topliss-reactive ketones (excluding diaryl/α,β-unsaturated/α-hetero) is 1. The summed E-state index contributed by atoms with van der Waals surface area (Å²) >= 11 is 0. The van der Waals surface area contributed by atoms with Crippen molar-refractivity contribution in [1.82, 2.24) is 0 Å². The average molecular weight is 408 g/mol. The van der Waals surface area contributed by atoms with Crippen LogP contribution in [0.3, 0.4) is 0 Å². The monoisotopic (exact) mass is 408 g/mol. The smallest absolute Gasteiger partial charge is 0.377 e. The zero-order chi connectivity index (χ0) is 21.7. The summed E-state index contributed by atoms with van der Waals surface area (Å²) in [7, 11) is 0. The van der Waals surface area contributed by atoms with Gasteiger partial charge in [-0.15, -0.1) is 0 Å². The maximum Gasteiger partial charge on any atom is 0.377 e. The minimum absolute atomic E-state index is 0.0780. The van der Waals surface area contributed by atoms with E-state index in [0.29, 0.717) is 18.4 Å². The lowest BCUT2D eigenvalue weighted by Gasteiger charge is -2.51. The van der Waals surface area contributed by atoms with E-state index in [1.165, 1.54) is 18.1 Å². The fraction of sp³-hybridized carbons (Fsp3) is 0.480. The molecular formula is C25H28O5. The summed E-state index contributed by atoms with van der Waals surface area (Å²) in [5, 5.41) is 9.04. The molecule has 0 aromatic rings. The Bertz CT molecular complexity index is 975. The molecule has 5 nitrogen and oxygen atoms in total. The molecule has 0 aromatic carbocycles. The number of fused-ring (bicyclic) bond motifs is 5. The number of carbonyl (C=O) groups excluding carboxylic acids is 2. The van der Waals surface area contributed by atoms with E-state index >= 15 is 0 Å². The lowest BCUT2D eigenvalue weighted by Crippen LogP contribution is -2.41. The maximum absolute atomic E-state index is 11.9. The summed E-state index contributed by atoms with van der Waals surface area (Å²) < 4.78 is 5.18. The Morgan fingerprint density at radius 2 is 1.93 bits per heavy atom. The summed E-state index contributed by atoms with van der Waals surface area (Å²) in [4.78, 5) is 34.1. The molecule has 4 aliphatic rings. The largest absolute Gasteiger partial charge is 0.475 e. The Kier molecular flexibility index (Phi) is 4.95. The highest BCUT2D eigenvalue weighted by atomic mass is 16.5. The van der Waals surface area contributed by atoms with Crippen molar-refractivity contribution in [2.75, 3.05) is 6.61 Å². The molecule has 4 aliphatic carbocycles. The standard InChI is InChI=1S/C25H28O5/c1-15(26)30-13-10-17-5-7-20-19-6-4-18-14-16(22(27)23(28)29)8-11-25(18,3)21(19)9-12-24(17,20)2/h4-5,8-9,11,14,19-20H,6-7,10,12-13H2,1-3H3,(H,28,29)/t19-,20-,24+,25-/m0/s1. The summed E-state index contributed by atoms with van der Waals surface area (Å²) in [5.74, 6) is -1.61. The van der Waals surface area contributed by atoms with E-state index in [9.17, 15) is 14.4 Å². The highest BCUT2D eigenvalue weighted by Crippen LogP contribution is 2.61. The summed E-state index contributed by atoms with van der Waals surface area (Å²) in [6.45, 7) is 6.37. The number of hydrogen-bond acceptors (Lipinski definition) is 4. The zero-order valence-corrected chi connectivity index (χ0v) is 17.7. The third-order valence-corrected chi connectivity index (χ3v) is 7.63. The number of esters is 1. The van der Waals surface area contributed by atoms with Gasteiger partial charge in [-0.05, 0) is 55.1 Å². The number of ketones is 1. The first kappa shape index (κ1) is 20.6. The van der Waals surface area contributed by atoms with Gasteiger partial charge < -0.3 is 9.84 Å². The number of allylic oxidation sites excluding steroid dienone is 8. The molecule has 0 saturated carbocycles. The molecule has 0 fully saturated rings. The lowest BCUT2D eigenvalue weighted by atomic mass is 9.53. The fourth-order valence-corrected chi connectivity index (χ4v) is 5.93. The van der Waals surface area contributed by atoms with Crippen LogP contribution in [0.15, 0.2) is 58.7 Å². The molecule has 0 saturated heterocycles. The fourth-order valence-electron chi connectivity index (χ4n) is 5.93. The van der Waals surface area contributed by atoms with Crippen LogP contribution < -0.4 is 0 Å². The molecule has 0 aliphatic heterocycles. The Labute approximate surface area is 176 Å². The first-order valence-corrected chi connectivity index (χ1v) is 10.6. The number of hydrogen-bond donors (Lipinski definition) is 1. The van der Waals surface area contributed by atoms with Crippen LogP contribution in [-0.4, -0.2) is 29.4 Å². The van der Waals surface area contributed by atoms with Crippen LogP contribution in [0.25, 0.3) is 0 Å². The molecule has 0 heterocycles. The van der Waals surface area contributed by atoms with E-state index in [1.54, 1.807) is 12.2 Å². The van der Waals surface area contributed by atoms with Crippen molar-refractivity contribution in [2.45, 2.75) is 46.5 Å². The van der Waals surface area contributed by atoms with E-state index in [0.717, 1.165) is 31.3 Å². The van der Waals surface area contributed by atoms with Crippen molar-refractivity contribution in [3.63, 3.8) is 0 Å². The number of carbonyl (C=O) groups is 3. The van der Waals surface area contributed by atoms with Gasteiger partial charge in [-0.25, -0.2) is 4.79 Å². The van der Waals surface area contributed by atoms with Crippen LogP contribution in [0.2, 0.25) is 0 Å². The molecule has 0 radical (unpaired) electrons. The molecule has 0 bridgehead atoms. The van der Waals surface area contributed by atoms with E-state index in [2.05, 4.69) is 32.1 Å². The molecule has 5 heteroatoms. The molecule has 30 heavy (non-hydrogen) atoms. The molecule has 1 N–H and O–H groups in total. The lowest BCUT2D eigenvalue weighted by molar-refractivity contribution is -0.147. The van der Waals surface area contributed by atoms with Crippen molar-refractivity contribution in [3.05, 3.63) is 58.7 Å². The zero-order valence-electron chi connectivity index (χ0n) is 17.7. The predicted molar refractivity (Wildman–Crippen MR) is 112 cm³/mol. The first-order chi connectivity index (χ1) is 14.2. The van der Waals surface area contributed by atoms with Crippen LogP contribution in [0.1, 0.15) is 46.5 Å². The van der Waals surface area contributed by atoms with E-state index < -0.39 is 11.8 Å². The SMILES string of the molecule is CC(=O)OCCC1=CC[C@H]2[C@@H]3CC=C4C=C(C(=O)C(=O)O)C=C[C@]4(C)C3=CC[C@]12C. The first-order valence-electron chi connectivity index (χ1n) is 10.6. The van der Waals surface area contributed by atoms with Gasteiger partial charge in [0.2, 0.25) is 0 Å². The Morgan fingerprint density at radius 3 is 2.63 bits per heavy atom. The third-order valence-electron chi connectivity index (χ3n) is 7.63. The third kappa shape index (κ3) is 3.11. The molecule has 0 unspecified atom stereocenters. The number of rotatable bonds is 5. The van der Waals surface area contributed by atoms with E-state index in [-0.39, 0.29) is 22.4 Å². The number of aliphatic carboxylic acids is 1. The highest BCUT2D eigenvalue weighted by molar-refractivity contribution is 6.40. The van der Waals surface area contributed by atoms with Crippen LogP contribution in [0, 0.1) is 22.7 Å². The summed E-state index contributed by atoms with van der Waals surface area (Å²) in [6.07, 6.45) is 15.9. The Hall–Kier alpha value is -2.69. The summed E-state index contributed by atoms with van der Waals surface area (Å²) in [5.41, 5.74) is 3.80. The second-order valence-corrected chi connectivity index (χ2v) is 9.21. The quantitative estimate of drug-likeness (QED) is 0.416. The molecule has 4 atom stereocenters. The van der Waals surface area contributed by atoms with Gasteiger partial charge in [-0.2, -0.15) is 0 Å². The number of ether oxygens (including phenoxy) is 1. The molecule has 158 valence electrons. The van der Waals surface area contributed by atoms with Gasteiger partial charge in [0.05, 0.1) is 6.61 Å². The Morgan fingerprint density at radius 1 is 1.17 bits per heavy atom. The highest BCUT2D eigenvalue weighted by Gasteiger charge is 2.52. The predicted octanol–water partition coefficient (Wildman–Crippen LogP) is 4.32. The molecule has 4 rings (SSSR count). The maximum atomic E-state index is 11.9. The van der Waals surface area contributed by atoms with Crippen molar-refractivity contribution >= 4 is 17.7 Å².